The number of ether oxygens (including phenoxy) is 4. The molecule has 0 atom stereocenters. The lowest BCUT2D eigenvalue weighted by atomic mass is 10.1. The first kappa shape index (κ1) is 24.3. The lowest BCUT2D eigenvalue weighted by molar-refractivity contribution is -0.121. The summed E-state index contributed by atoms with van der Waals surface area (Å²) in [6.45, 7) is 13.2. The van der Waals surface area contributed by atoms with Gasteiger partial charge in [0.25, 0.3) is 0 Å². The molecular formula is C19H41NO5. The SMILES string of the molecule is CC(C)CCCOCCOCCOCCNC(=O)CCCOC(C)C.[HH]. The van der Waals surface area contributed by atoms with E-state index in [0.29, 0.717) is 52.6 Å². The molecule has 0 aliphatic rings. The summed E-state index contributed by atoms with van der Waals surface area (Å²) in [7, 11) is 0. The fourth-order valence-electron chi connectivity index (χ4n) is 2.04. The average Bonchev–Trinajstić information content (AvgIpc) is 2.55. The smallest absolute Gasteiger partial charge is 0.220 e. The van der Waals surface area contributed by atoms with Gasteiger partial charge >= 0.3 is 0 Å². The number of hydrogen-bond donors (Lipinski definition) is 1. The van der Waals surface area contributed by atoms with E-state index in [2.05, 4.69) is 19.2 Å². The Bertz CT molecular complexity index is 304. The highest BCUT2D eigenvalue weighted by atomic mass is 16.5. The lowest BCUT2D eigenvalue weighted by Crippen LogP contribution is -2.27. The third-order valence-corrected chi connectivity index (χ3v) is 3.38. The van der Waals surface area contributed by atoms with Crippen LogP contribution >= 0.6 is 0 Å². The van der Waals surface area contributed by atoms with Crippen LogP contribution in [0.5, 0.6) is 0 Å². The van der Waals surface area contributed by atoms with Crippen LogP contribution in [0.25, 0.3) is 0 Å². The normalized spacial score (nSPS) is 11.4. The summed E-state index contributed by atoms with van der Waals surface area (Å²) in [5.74, 6) is 0.780. The van der Waals surface area contributed by atoms with E-state index in [4.69, 9.17) is 18.9 Å². The van der Waals surface area contributed by atoms with E-state index in [0.717, 1.165) is 25.4 Å². The van der Waals surface area contributed by atoms with Gasteiger partial charge in [0.05, 0.1) is 39.1 Å². The number of nitrogens with one attached hydrogen (secondary N) is 1. The van der Waals surface area contributed by atoms with Crippen LogP contribution in [0.2, 0.25) is 0 Å². The summed E-state index contributed by atoms with van der Waals surface area (Å²) in [4.78, 5) is 11.5. The second kappa shape index (κ2) is 18.1. The van der Waals surface area contributed by atoms with Crippen LogP contribution in [0.3, 0.4) is 0 Å². The molecule has 0 bridgehead atoms. The predicted molar refractivity (Wildman–Crippen MR) is 102 cm³/mol. The van der Waals surface area contributed by atoms with Gasteiger partial charge in [0.2, 0.25) is 5.91 Å². The molecule has 0 rings (SSSR count). The van der Waals surface area contributed by atoms with E-state index >= 15 is 0 Å². The maximum absolute atomic E-state index is 11.5. The Kier molecular flexibility index (Phi) is 17.6. The Morgan fingerprint density at radius 1 is 0.840 bits per heavy atom. The molecule has 0 radical (unpaired) electrons. The highest BCUT2D eigenvalue weighted by molar-refractivity contribution is 5.75. The minimum absolute atomic E-state index is 0. The molecule has 0 saturated heterocycles. The van der Waals surface area contributed by atoms with Crippen molar-refractivity contribution in [3.8, 4) is 0 Å². The highest BCUT2D eigenvalue weighted by Crippen LogP contribution is 2.02. The van der Waals surface area contributed by atoms with E-state index in [-0.39, 0.29) is 13.4 Å². The minimum atomic E-state index is 0. The van der Waals surface area contributed by atoms with Crippen molar-refractivity contribution >= 4 is 5.91 Å². The molecule has 0 saturated carbocycles. The van der Waals surface area contributed by atoms with Crippen LogP contribution in [0, 0.1) is 5.92 Å². The molecule has 0 aromatic heterocycles. The Morgan fingerprint density at radius 3 is 2.04 bits per heavy atom. The quantitative estimate of drug-likeness (QED) is 0.379. The molecule has 25 heavy (non-hydrogen) atoms. The van der Waals surface area contributed by atoms with Crippen LogP contribution < -0.4 is 5.32 Å². The fourth-order valence-corrected chi connectivity index (χ4v) is 2.04. The zero-order valence-electron chi connectivity index (χ0n) is 16.7. The maximum atomic E-state index is 11.5. The highest BCUT2D eigenvalue weighted by Gasteiger charge is 2.01. The first-order chi connectivity index (χ1) is 12.0. The second-order valence-corrected chi connectivity index (χ2v) is 6.75. The standard InChI is InChI=1S/C19H39NO5.H2/c1-17(2)7-5-10-22-13-15-24-16-14-23-12-9-20-19(21)8-6-11-25-18(3)4;/h17-18H,5-16H2,1-4H3,(H,20,21);1H. The monoisotopic (exact) mass is 363 g/mol. The van der Waals surface area contributed by atoms with Crippen molar-refractivity contribution in [2.24, 2.45) is 5.92 Å². The van der Waals surface area contributed by atoms with Crippen molar-refractivity contribution in [2.75, 3.05) is 52.8 Å². The number of carbonyl (C=O) groups excluding carboxylic acids is 1. The van der Waals surface area contributed by atoms with Gasteiger partial charge in [-0.15, -0.1) is 0 Å². The van der Waals surface area contributed by atoms with Crippen molar-refractivity contribution < 1.29 is 25.2 Å². The molecule has 1 amide bonds. The Morgan fingerprint density at radius 2 is 1.44 bits per heavy atom. The maximum Gasteiger partial charge on any atom is 0.220 e. The van der Waals surface area contributed by atoms with E-state index in [1.54, 1.807) is 0 Å². The number of amides is 1. The van der Waals surface area contributed by atoms with Crippen molar-refractivity contribution in [1.29, 1.82) is 0 Å². The van der Waals surface area contributed by atoms with Gasteiger partial charge in [-0.3, -0.25) is 4.79 Å². The summed E-state index contributed by atoms with van der Waals surface area (Å²) >= 11 is 0. The van der Waals surface area contributed by atoms with Crippen LogP contribution in [0.1, 0.15) is 54.8 Å². The van der Waals surface area contributed by atoms with Gasteiger partial charge in [0, 0.05) is 27.6 Å². The topological polar surface area (TPSA) is 66.0 Å². The van der Waals surface area contributed by atoms with Gasteiger partial charge in [0.15, 0.2) is 0 Å². The van der Waals surface area contributed by atoms with E-state index in [9.17, 15) is 4.79 Å². The zero-order valence-corrected chi connectivity index (χ0v) is 16.7. The molecule has 0 aliphatic heterocycles. The summed E-state index contributed by atoms with van der Waals surface area (Å²) < 4.78 is 21.7. The third kappa shape index (κ3) is 21.3. The van der Waals surface area contributed by atoms with Crippen LogP contribution in [-0.4, -0.2) is 64.8 Å². The third-order valence-electron chi connectivity index (χ3n) is 3.38. The van der Waals surface area contributed by atoms with Crippen LogP contribution in [0.15, 0.2) is 0 Å². The lowest BCUT2D eigenvalue weighted by Gasteiger charge is -2.09. The molecule has 0 fully saturated rings. The van der Waals surface area contributed by atoms with E-state index in [1.807, 2.05) is 13.8 Å². The van der Waals surface area contributed by atoms with Crippen molar-refractivity contribution in [2.45, 2.75) is 59.5 Å². The molecule has 0 heterocycles. The molecule has 0 aromatic carbocycles. The molecule has 0 aromatic rings. The molecule has 0 spiro atoms. The molecular weight excluding hydrogens is 322 g/mol. The second-order valence-electron chi connectivity index (χ2n) is 6.75. The number of hydrogen-bond acceptors (Lipinski definition) is 5. The van der Waals surface area contributed by atoms with Gasteiger partial charge in [-0.05, 0) is 39.0 Å². The minimum Gasteiger partial charge on any atom is -0.379 e. The van der Waals surface area contributed by atoms with Gasteiger partial charge in [-0.25, -0.2) is 0 Å². The number of rotatable bonds is 18. The summed E-state index contributed by atoms with van der Waals surface area (Å²) in [6.07, 6.45) is 3.77. The summed E-state index contributed by atoms with van der Waals surface area (Å²) in [5.41, 5.74) is 0. The van der Waals surface area contributed by atoms with Gasteiger partial charge in [-0.2, -0.15) is 0 Å². The molecule has 6 heteroatoms. The van der Waals surface area contributed by atoms with Gasteiger partial charge in [-0.1, -0.05) is 13.8 Å². The van der Waals surface area contributed by atoms with Gasteiger partial charge < -0.3 is 24.3 Å². The summed E-state index contributed by atoms with van der Waals surface area (Å²) in [5, 5.41) is 2.83. The number of carbonyl (C=O) groups is 1. The Balaban J connectivity index is 0. The van der Waals surface area contributed by atoms with Crippen molar-refractivity contribution in [3.05, 3.63) is 0 Å². The van der Waals surface area contributed by atoms with Crippen molar-refractivity contribution in [1.82, 2.24) is 5.32 Å². The molecule has 6 nitrogen and oxygen atoms in total. The summed E-state index contributed by atoms with van der Waals surface area (Å²) in [6, 6.07) is 0. The van der Waals surface area contributed by atoms with Gasteiger partial charge in [0.1, 0.15) is 0 Å². The van der Waals surface area contributed by atoms with E-state index < -0.39 is 0 Å². The molecule has 0 aliphatic carbocycles. The first-order valence-electron chi connectivity index (χ1n) is 9.64. The van der Waals surface area contributed by atoms with Crippen molar-refractivity contribution in [3.63, 3.8) is 0 Å². The van der Waals surface area contributed by atoms with E-state index in [1.165, 1.54) is 6.42 Å². The van der Waals surface area contributed by atoms with Crippen LogP contribution in [-0.2, 0) is 23.7 Å². The Hall–Kier alpha value is -0.690. The largest absolute Gasteiger partial charge is 0.379 e. The molecule has 0 unspecified atom stereocenters. The van der Waals surface area contributed by atoms with Crippen LogP contribution in [0.4, 0.5) is 0 Å². The molecule has 1 N–H and O–H groups in total. The zero-order chi connectivity index (χ0) is 18.8. The Labute approximate surface area is 155 Å². The first-order valence-corrected chi connectivity index (χ1v) is 9.64. The molecule has 152 valence electrons. The fraction of sp³-hybridized carbons (Fsp3) is 0.947. The predicted octanol–water partition coefficient (Wildman–Crippen LogP) is 3.04. The average molecular weight is 364 g/mol.